The number of imidazole rings is 1. The SMILES string of the molecule is CCNC(=NCCCCn1ccnc1C)NC(C)c1ccc(Cl)c(Cl)c1. The van der Waals surface area contributed by atoms with Crippen LogP contribution in [0.3, 0.4) is 0 Å². The predicted molar refractivity (Wildman–Crippen MR) is 110 cm³/mol. The highest BCUT2D eigenvalue weighted by Crippen LogP contribution is 2.25. The molecule has 2 aromatic rings. The summed E-state index contributed by atoms with van der Waals surface area (Å²) in [5, 5.41) is 7.83. The zero-order valence-corrected chi connectivity index (χ0v) is 17.1. The van der Waals surface area contributed by atoms with Crippen molar-refractivity contribution in [1.29, 1.82) is 0 Å². The van der Waals surface area contributed by atoms with E-state index in [-0.39, 0.29) is 6.04 Å². The Kier molecular flexibility index (Phi) is 8.26. The summed E-state index contributed by atoms with van der Waals surface area (Å²) in [5.74, 6) is 1.86. The Balaban J connectivity index is 1.85. The molecule has 0 fully saturated rings. The first-order valence-corrected chi connectivity index (χ1v) is 9.74. The van der Waals surface area contributed by atoms with Crippen molar-refractivity contribution in [2.75, 3.05) is 13.1 Å². The largest absolute Gasteiger partial charge is 0.357 e. The summed E-state index contributed by atoms with van der Waals surface area (Å²) < 4.78 is 2.17. The van der Waals surface area contributed by atoms with Gasteiger partial charge < -0.3 is 15.2 Å². The number of hydrogen-bond donors (Lipinski definition) is 2. The molecule has 2 N–H and O–H groups in total. The van der Waals surface area contributed by atoms with Gasteiger partial charge in [-0.15, -0.1) is 0 Å². The van der Waals surface area contributed by atoms with Crippen LogP contribution in [0.25, 0.3) is 0 Å². The molecule has 1 atom stereocenters. The van der Waals surface area contributed by atoms with Crippen LogP contribution in [0.5, 0.6) is 0 Å². The van der Waals surface area contributed by atoms with Crippen molar-refractivity contribution in [3.63, 3.8) is 0 Å². The number of nitrogens with zero attached hydrogens (tertiary/aromatic N) is 3. The average molecular weight is 396 g/mol. The highest BCUT2D eigenvalue weighted by Gasteiger charge is 2.09. The minimum absolute atomic E-state index is 0.0798. The molecule has 0 bridgehead atoms. The van der Waals surface area contributed by atoms with Gasteiger partial charge >= 0.3 is 0 Å². The Labute approximate surface area is 165 Å². The zero-order chi connectivity index (χ0) is 18.9. The maximum absolute atomic E-state index is 6.12. The number of aromatic nitrogens is 2. The van der Waals surface area contributed by atoms with Gasteiger partial charge in [-0.1, -0.05) is 29.3 Å². The summed E-state index contributed by atoms with van der Waals surface area (Å²) in [6.45, 7) is 8.73. The fourth-order valence-electron chi connectivity index (χ4n) is 2.62. The van der Waals surface area contributed by atoms with Gasteiger partial charge in [0.05, 0.1) is 16.1 Å². The van der Waals surface area contributed by atoms with Gasteiger partial charge in [-0.25, -0.2) is 4.98 Å². The van der Waals surface area contributed by atoms with E-state index in [9.17, 15) is 0 Å². The first-order valence-electron chi connectivity index (χ1n) is 8.98. The molecule has 0 amide bonds. The molecule has 142 valence electrons. The van der Waals surface area contributed by atoms with Gasteiger partial charge in [0.25, 0.3) is 0 Å². The maximum atomic E-state index is 6.12. The van der Waals surface area contributed by atoms with Crippen LogP contribution in [-0.2, 0) is 6.54 Å². The molecule has 5 nitrogen and oxygen atoms in total. The van der Waals surface area contributed by atoms with Gasteiger partial charge in [-0.3, -0.25) is 4.99 Å². The van der Waals surface area contributed by atoms with E-state index >= 15 is 0 Å². The third-order valence-corrected chi connectivity index (χ3v) is 4.88. The standard InChI is InChI=1S/C19H27Cl2N5/c1-4-22-19(24-9-5-6-11-26-12-10-23-15(26)3)25-14(2)16-7-8-17(20)18(21)13-16/h7-8,10,12-14H,4-6,9,11H2,1-3H3,(H2,22,24,25). The fraction of sp³-hybridized carbons (Fsp3) is 0.474. The number of halogens is 2. The van der Waals surface area contributed by atoms with Crippen molar-refractivity contribution in [2.24, 2.45) is 4.99 Å². The molecule has 0 aliphatic rings. The van der Waals surface area contributed by atoms with Crippen LogP contribution >= 0.6 is 23.2 Å². The van der Waals surface area contributed by atoms with Crippen molar-refractivity contribution in [3.05, 3.63) is 52.0 Å². The summed E-state index contributed by atoms with van der Waals surface area (Å²) in [5.41, 5.74) is 1.07. The van der Waals surface area contributed by atoms with E-state index in [0.29, 0.717) is 10.0 Å². The van der Waals surface area contributed by atoms with Gasteiger partial charge in [0.15, 0.2) is 5.96 Å². The summed E-state index contributed by atoms with van der Waals surface area (Å²) in [6, 6.07) is 5.76. The molecule has 0 radical (unpaired) electrons. The van der Waals surface area contributed by atoms with E-state index in [0.717, 1.165) is 49.8 Å². The van der Waals surface area contributed by atoms with Crippen molar-refractivity contribution in [1.82, 2.24) is 20.2 Å². The third kappa shape index (κ3) is 6.22. The van der Waals surface area contributed by atoms with E-state index in [1.54, 1.807) is 0 Å². The maximum Gasteiger partial charge on any atom is 0.191 e. The molecule has 0 saturated carbocycles. The van der Waals surface area contributed by atoms with Crippen molar-refractivity contribution in [2.45, 2.75) is 46.2 Å². The van der Waals surface area contributed by atoms with Gasteiger partial charge in [0, 0.05) is 32.0 Å². The van der Waals surface area contributed by atoms with Crippen LogP contribution in [0, 0.1) is 6.92 Å². The Bertz CT molecular complexity index is 726. The molecule has 1 heterocycles. The van der Waals surface area contributed by atoms with Crippen LogP contribution in [0.4, 0.5) is 0 Å². The first-order chi connectivity index (χ1) is 12.5. The lowest BCUT2D eigenvalue weighted by molar-refractivity contribution is 0.599. The van der Waals surface area contributed by atoms with Crippen molar-refractivity contribution >= 4 is 29.2 Å². The molecule has 0 saturated heterocycles. The highest BCUT2D eigenvalue weighted by molar-refractivity contribution is 6.42. The summed E-state index contributed by atoms with van der Waals surface area (Å²) in [6.07, 6.45) is 5.95. The van der Waals surface area contributed by atoms with E-state index < -0.39 is 0 Å². The molecular formula is C19H27Cl2N5. The Hall–Kier alpha value is -1.72. The molecular weight excluding hydrogens is 369 g/mol. The molecule has 0 spiro atoms. The zero-order valence-electron chi connectivity index (χ0n) is 15.6. The first kappa shape index (κ1) is 20.6. The number of unbranched alkanes of at least 4 members (excludes halogenated alkanes) is 1. The lowest BCUT2D eigenvalue weighted by atomic mass is 10.1. The minimum atomic E-state index is 0.0798. The predicted octanol–water partition coefficient (Wildman–Crippen LogP) is 4.59. The second-order valence-electron chi connectivity index (χ2n) is 6.18. The summed E-state index contributed by atoms with van der Waals surface area (Å²) in [7, 11) is 0. The Morgan fingerprint density at radius 3 is 2.73 bits per heavy atom. The molecule has 0 aliphatic carbocycles. The normalized spacial score (nSPS) is 12.9. The van der Waals surface area contributed by atoms with E-state index in [2.05, 4.69) is 39.0 Å². The number of nitrogens with one attached hydrogen (secondary N) is 2. The second-order valence-corrected chi connectivity index (χ2v) is 6.99. The number of rotatable bonds is 8. The van der Waals surface area contributed by atoms with Crippen LogP contribution in [0.2, 0.25) is 10.0 Å². The number of aryl methyl sites for hydroxylation is 2. The van der Waals surface area contributed by atoms with Crippen molar-refractivity contribution in [3.8, 4) is 0 Å². The topological polar surface area (TPSA) is 54.2 Å². The number of guanidine groups is 1. The highest BCUT2D eigenvalue weighted by atomic mass is 35.5. The lowest BCUT2D eigenvalue weighted by Gasteiger charge is -2.18. The van der Waals surface area contributed by atoms with E-state index in [1.807, 2.05) is 37.5 Å². The van der Waals surface area contributed by atoms with Crippen LogP contribution < -0.4 is 10.6 Å². The molecule has 7 heteroatoms. The van der Waals surface area contributed by atoms with Crippen LogP contribution in [0.15, 0.2) is 35.6 Å². The Morgan fingerprint density at radius 1 is 1.27 bits per heavy atom. The van der Waals surface area contributed by atoms with Gasteiger partial charge in [0.2, 0.25) is 0 Å². The van der Waals surface area contributed by atoms with Gasteiger partial charge in [0.1, 0.15) is 5.82 Å². The molecule has 1 aromatic heterocycles. The fourth-order valence-corrected chi connectivity index (χ4v) is 2.92. The molecule has 1 aromatic carbocycles. The molecule has 0 aliphatic heterocycles. The molecule has 1 unspecified atom stereocenters. The van der Waals surface area contributed by atoms with Crippen LogP contribution in [-0.4, -0.2) is 28.6 Å². The number of aliphatic imine (C=N–C) groups is 1. The smallest absolute Gasteiger partial charge is 0.191 e. The second kappa shape index (κ2) is 10.4. The van der Waals surface area contributed by atoms with Crippen molar-refractivity contribution < 1.29 is 0 Å². The Morgan fingerprint density at radius 2 is 2.08 bits per heavy atom. The monoisotopic (exact) mass is 395 g/mol. The lowest BCUT2D eigenvalue weighted by Crippen LogP contribution is -2.38. The number of hydrogen-bond acceptors (Lipinski definition) is 2. The number of benzene rings is 1. The van der Waals surface area contributed by atoms with E-state index in [1.165, 1.54) is 0 Å². The molecule has 26 heavy (non-hydrogen) atoms. The minimum Gasteiger partial charge on any atom is -0.357 e. The summed E-state index contributed by atoms with van der Waals surface area (Å²) >= 11 is 12.1. The van der Waals surface area contributed by atoms with Gasteiger partial charge in [-0.2, -0.15) is 0 Å². The van der Waals surface area contributed by atoms with Gasteiger partial charge in [-0.05, 0) is 51.3 Å². The molecule has 2 rings (SSSR count). The van der Waals surface area contributed by atoms with Crippen LogP contribution in [0.1, 0.15) is 44.1 Å². The third-order valence-electron chi connectivity index (χ3n) is 4.14. The average Bonchev–Trinajstić information content (AvgIpc) is 3.02. The van der Waals surface area contributed by atoms with E-state index in [4.69, 9.17) is 23.2 Å². The quantitative estimate of drug-likeness (QED) is 0.390. The summed E-state index contributed by atoms with van der Waals surface area (Å²) in [4.78, 5) is 8.91.